The molecule has 22 heavy (non-hydrogen) atoms. The topological polar surface area (TPSA) is 84.5 Å². The van der Waals surface area contributed by atoms with Crippen molar-refractivity contribution in [2.24, 2.45) is 10.7 Å². The second-order valence-corrected chi connectivity index (χ2v) is 8.98. The normalized spacial score (nSPS) is 12.7. The summed E-state index contributed by atoms with van der Waals surface area (Å²) in [5.74, 6) is 0.216. The molecule has 0 aliphatic rings. The van der Waals surface area contributed by atoms with Crippen molar-refractivity contribution in [1.29, 1.82) is 0 Å². The van der Waals surface area contributed by atoms with Gasteiger partial charge >= 0.3 is 0 Å². The molecule has 5 nitrogen and oxygen atoms in total. The number of aliphatic imine (C=N–C) groups is 1. The number of sulfone groups is 1. The van der Waals surface area contributed by atoms with Crippen LogP contribution in [0.1, 0.15) is 31.9 Å². The van der Waals surface area contributed by atoms with E-state index in [1.54, 1.807) is 20.8 Å². The monoisotopic (exact) mass is 439 g/mol. The maximum Gasteiger partial charge on any atom is 0.193 e. The Labute approximate surface area is 150 Å². The van der Waals surface area contributed by atoms with Crippen LogP contribution in [0.2, 0.25) is 0 Å². The number of rotatable bonds is 4. The van der Waals surface area contributed by atoms with Gasteiger partial charge in [0.2, 0.25) is 0 Å². The minimum Gasteiger partial charge on any atom is -0.370 e. The van der Waals surface area contributed by atoms with E-state index >= 15 is 0 Å². The van der Waals surface area contributed by atoms with Crippen LogP contribution in [0.4, 0.5) is 5.69 Å². The highest BCUT2D eigenvalue weighted by atomic mass is 127. The Bertz CT molecular complexity index is 635. The number of aryl methyl sites for hydroxylation is 2. The minimum absolute atomic E-state index is 0. The van der Waals surface area contributed by atoms with Gasteiger partial charge in [-0.25, -0.2) is 8.42 Å². The summed E-state index contributed by atoms with van der Waals surface area (Å²) >= 11 is 0. The molecule has 0 amide bonds. The lowest BCUT2D eigenvalue weighted by Crippen LogP contribution is -2.32. The number of nitrogens with two attached hydrogens (primary N) is 1. The fourth-order valence-corrected chi connectivity index (χ4v) is 2.54. The lowest BCUT2D eigenvalue weighted by Gasteiger charge is -2.18. The van der Waals surface area contributed by atoms with E-state index in [0.717, 1.165) is 11.3 Å². The Morgan fingerprint density at radius 1 is 1.23 bits per heavy atom. The van der Waals surface area contributed by atoms with Gasteiger partial charge < -0.3 is 11.1 Å². The molecule has 1 rings (SSSR count). The molecule has 1 aromatic carbocycles. The summed E-state index contributed by atoms with van der Waals surface area (Å²) in [7, 11) is -3.17. The predicted molar refractivity (Wildman–Crippen MR) is 105 cm³/mol. The number of hydrogen-bond donors (Lipinski definition) is 2. The number of benzene rings is 1. The highest BCUT2D eigenvalue weighted by Crippen LogP contribution is 2.16. The molecule has 0 saturated heterocycles. The molecule has 0 atom stereocenters. The van der Waals surface area contributed by atoms with Gasteiger partial charge in [0.25, 0.3) is 0 Å². The van der Waals surface area contributed by atoms with Gasteiger partial charge in [0.15, 0.2) is 15.8 Å². The molecule has 0 radical (unpaired) electrons. The van der Waals surface area contributed by atoms with Crippen LogP contribution in [-0.2, 0) is 9.84 Å². The van der Waals surface area contributed by atoms with E-state index in [4.69, 9.17) is 5.73 Å². The van der Waals surface area contributed by atoms with Crippen LogP contribution in [0, 0.1) is 13.8 Å². The maximum atomic E-state index is 11.9. The lowest BCUT2D eigenvalue weighted by molar-refractivity contribution is 0.560. The van der Waals surface area contributed by atoms with Crippen molar-refractivity contribution >= 4 is 45.5 Å². The molecule has 7 heteroatoms. The number of guanidine groups is 1. The predicted octanol–water partition coefficient (Wildman–Crippen LogP) is 2.86. The van der Waals surface area contributed by atoms with Crippen molar-refractivity contribution in [2.45, 2.75) is 39.4 Å². The highest BCUT2D eigenvalue weighted by Gasteiger charge is 2.28. The van der Waals surface area contributed by atoms with Crippen molar-refractivity contribution in [3.8, 4) is 0 Å². The third-order valence-electron chi connectivity index (χ3n) is 3.35. The molecule has 0 fully saturated rings. The van der Waals surface area contributed by atoms with Crippen molar-refractivity contribution in [3.63, 3.8) is 0 Å². The average molecular weight is 439 g/mol. The molecule has 1 aromatic rings. The number of halogens is 1. The lowest BCUT2D eigenvalue weighted by atomic mass is 10.1. The quantitative estimate of drug-likeness (QED) is 0.429. The zero-order chi connectivity index (χ0) is 16.3. The molecule has 0 spiro atoms. The Balaban J connectivity index is 0.00000441. The Morgan fingerprint density at radius 2 is 1.82 bits per heavy atom. The van der Waals surface area contributed by atoms with Crippen LogP contribution in [-0.4, -0.2) is 31.4 Å². The Morgan fingerprint density at radius 3 is 2.32 bits per heavy atom. The van der Waals surface area contributed by atoms with Gasteiger partial charge in [-0.3, -0.25) is 4.99 Å². The van der Waals surface area contributed by atoms with E-state index in [1.165, 1.54) is 5.56 Å². The smallest absolute Gasteiger partial charge is 0.193 e. The van der Waals surface area contributed by atoms with E-state index in [9.17, 15) is 8.42 Å². The van der Waals surface area contributed by atoms with Crippen LogP contribution in [0.3, 0.4) is 0 Å². The van der Waals surface area contributed by atoms with Crippen molar-refractivity contribution in [3.05, 3.63) is 29.3 Å². The van der Waals surface area contributed by atoms with Gasteiger partial charge in [-0.05, 0) is 57.9 Å². The van der Waals surface area contributed by atoms with E-state index in [-0.39, 0.29) is 42.2 Å². The first-order valence-electron chi connectivity index (χ1n) is 6.89. The number of anilines is 1. The van der Waals surface area contributed by atoms with Crippen molar-refractivity contribution in [1.82, 2.24) is 0 Å². The first-order chi connectivity index (χ1) is 9.53. The number of nitrogens with one attached hydrogen (secondary N) is 1. The third-order valence-corrected chi connectivity index (χ3v) is 5.94. The molecule has 0 aliphatic carbocycles. The van der Waals surface area contributed by atoms with Crippen LogP contribution < -0.4 is 11.1 Å². The molecule has 0 aromatic heterocycles. The summed E-state index contributed by atoms with van der Waals surface area (Å²) < 4.78 is 23.1. The largest absolute Gasteiger partial charge is 0.370 e. The van der Waals surface area contributed by atoms with E-state index in [0.29, 0.717) is 0 Å². The van der Waals surface area contributed by atoms with Crippen molar-refractivity contribution in [2.75, 3.05) is 17.6 Å². The van der Waals surface area contributed by atoms with Gasteiger partial charge in [-0.2, -0.15) is 0 Å². The van der Waals surface area contributed by atoms with E-state index in [2.05, 4.69) is 10.3 Å². The fraction of sp³-hybridized carbons (Fsp3) is 0.533. The highest BCUT2D eigenvalue weighted by molar-refractivity contribution is 14.0. The van der Waals surface area contributed by atoms with Crippen LogP contribution >= 0.6 is 24.0 Å². The molecule has 0 saturated carbocycles. The van der Waals surface area contributed by atoms with Gasteiger partial charge in [0, 0.05) is 5.69 Å². The van der Waals surface area contributed by atoms with E-state index in [1.807, 2.05) is 32.0 Å². The van der Waals surface area contributed by atoms with Gasteiger partial charge in [0.05, 0.1) is 17.0 Å². The maximum absolute atomic E-state index is 11.9. The summed E-state index contributed by atoms with van der Waals surface area (Å²) in [6, 6.07) is 5.88. The molecule has 126 valence electrons. The first-order valence-corrected chi connectivity index (χ1v) is 8.54. The third kappa shape index (κ3) is 6.12. The molecule has 0 aliphatic heterocycles. The number of nitrogens with zero attached hydrogens (tertiary/aromatic N) is 1. The van der Waals surface area contributed by atoms with E-state index < -0.39 is 14.6 Å². The Hall–Kier alpha value is -0.830. The summed E-state index contributed by atoms with van der Waals surface area (Å²) in [4.78, 5) is 4.07. The van der Waals surface area contributed by atoms with Crippen molar-refractivity contribution < 1.29 is 8.42 Å². The fourth-order valence-electron chi connectivity index (χ4n) is 1.60. The minimum atomic E-state index is -3.17. The van der Waals surface area contributed by atoms with Crippen LogP contribution in [0.5, 0.6) is 0 Å². The molecular weight excluding hydrogens is 413 g/mol. The zero-order valence-corrected chi connectivity index (χ0v) is 17.0. The summed E-state index contributed by atoms with van der Waals surface area (Å²) in [6.45, 7) is 9.26. The zero-order valence-electron chi connectivity index (χ0n) is 13.8. The summed E-state index contributed by atoms with van der Waals surface area (Å²) in [5, 5.41) is 2.97. The van der Waals surface area contributed by atoms with Crippen LogP contribution in [0.25, 0.3) is 0 Å². The van der Waals surface area contributed by atoms with Gasteiger partial charge in [-0.15, -0.1) is 24.0 Å². The molecule has 0 bridgehead atoms. The number of hydrogen-bond acceptors (Lipinski definition) is 3. The second-order valence-electron chi connectivity index (χ2n) is 6.12. The molecular formula is C15H26IN3O2S. The summed E-state index contributed by atoms with van der Waals surface area (Å²) in [5.41, 5.74) is 8.98. The SMILES string of the molecule is Cc1ccc(NC(N)=NCCS(=O)(=O)C(C)(C)C)cc1C.I. The van der Waals surface area contributed by atoms with Crippen LogP contribution in [0.15, 0.2) is 23.2 Å². The van der Waals surface area contributed by atoms with Gasteiger partial charge in [0.1, 0.15) is 0 Å². The average Bonchev–Trinajstić information content (AvgIpc) is 2.32. The molecule has 3 N–H and O–H groups in total. The molecule has 0 heterocycles. The molecule has 0 unspecified atom stereocenters. The Kier molecular flexibility index (Phi) is 7.84. The second kappa shape index (κ2) is 8.14. The van der Waals surface area contributed by atoms with Gasteiger partial charge in [-0.1, -0.05) is 6.07 Å². The standard InChI is InChI=1S/C15H25N3O2S.HI/c1-11-6-7-13(10-12(11)2)18-14(16)17-8-9-21(19,20)15(3,4)5;/h6-7,10H,8-9H2,1-5H3,(H3,16,17,18);1H. The first kappa shape index (κ1) is 21.2. The summed E-state index contributed by atoms with van der Waals surface area (Å²) in [6.07, 6.45) is 0.